The standard InChI is InChI=1S/C17H20BrN3O3S/c1-5-23-16(22)15-11(4)20-17(25-15)21-19-9-12-6-7-14(13(18)8-12)24-10(2)3/h6-10H,5H2,1-4H3,(H,20,21)/b19-9-. The molecule has 0 saturated carbocycles. The fraction of sp³-hybridized carbons (Fsp3) is 0.353. The smallest absolute Gasteiger partial charge is 0.350 e. The average Bonchev–Trinajstić information content (AvgIpc) is 2.91. The number of anilines is 1. The van der Waals surface area contributed by atoms with Crippen LogP contribution in [0.5, 0.6) is 5.75 Å². The topological polar surface area (TPSA) is 72.8 Å². The minimum Gasteiger partial charge on any atom is -0.490 e. The van der Waals surface area contributed by atoms with Crippen molar-refractivity contribution in [3.8, 4) is 5.75 Å². The third kappa shape index (κ3) is 5.54. The quantitative estimate of drug-likeness (QED) is 0.397. The molecule has 8 heteroatoms. The van der Waals surface area contributed by atoms with Crippen LogP contribution in [0, 0.1) is 6.92 Å². The summed E-state index contributed by atoms with van der Waals surface area (Å²) in [7, 11) is 0. The maximum atomic E-state index is 11.8. The fourth-order valence-electron chi connectivity index (χ4n) is 1.94. The summed E-state index contributed by atoms with van der Waals surface area (Å²) in [5, 5.41) is 4.70. The highest BCUT2D eigenvalue weighted by Crippen LogP contribution is 2.27. The first-order chi connectivity index (χ1) is 11.9. The van der Waals surface area contributed by atoms with E-state index < -0.39 is 0 Å². The van der Waals surface area contributed by atoms with Crippen LogP contribution in [0.4, 0.5) is 5.13 Å². The minimum absolute atomic E-state index is 0.110. The molecule has 0 radical (unpaired) electrons. The van der Waals surface area contributed by atoms with E-state index in [0.717, 1.165) is 15.8 Å². The van der Waals surface area contributed by atoms with Crippen LogP contribution in [0.25, 0.3) is 0 Å². The number of hydrazone groups is 1. The molecule has 25 heavy (non-hydrogen) atoms. The van der Waals surface area contributed by atoms with E-state index in [9.17, 15) is 4.79 Å². The van der Waals surface area contributed by atoms with Crippen molar-refractivity contribution in [3.05, 3.63) is 38.8 Å². The minimum atomic E-state index is -0.362. The van der Waals surface area contributed by atoms with Crippen LogP contribution >= 0.6 is 27.3 Å². The summed E-state index contributed by atoms with van der Waals surface area (Å²) >= 11 is 4.70. The fourth-order valence-corrected chi connectivity index (χ4v) is 3.24. The second kappa shape index (κ2) is 8.96. The Hall–Kier alpha value is -1.93. The van der Waals surface area contributed by atoms with Crippen LogP contribution in [0.3, 0.4) is 0 Å². The van der Waals surface area contributed by atoms with Crippen LogP contribution in [0.15, 0.2) is 27.8 Å². The number of benzene rings is 1. The van der Waals surface area contributed by atoms with Crippen molar-refractivity contribution in [2.45, 2.75) is 33.8 Å². The van der Waals surface area contributed by atoms with Crippen LogP contribution in [-0.2, 0) is 4.74 Å². The van der Waals surface area contributed by atoms with Gasteiger partial charge in [0.25, 0.3) is 0 Å². The van der Waals surface area contributed by atoms with Gasteiger partial charge >= 0.3 is 5.97 Å². The van der Waals surface area contributed by atoms with E-state index in [1.165, 1.54) is 11.3 Å². The molecule has 1 N–H and O–H groups in total. The predicted molar refractivity (Wildman–Crippen MR) is 104 cm³/mol. The molecule has 2 rings (SSSR count). The van der Waals surface area contributed by atoms with Gasteiger partial charge in [0.05, 0.1) is 29.1 Å². The number of nitrogens with zero attached hydrogens (tertiary/aromatic N) is 2. The van der Waals surface area contributed by atoms with Crippen LogP contribution in [-0.4, -0.2) is 29.9 Å². The number of aromatic nitrogens is 1. The zero-order valence-electron chi connectivity index (χ0n) is 14.5. The van der Waals surface area contributed by atoms with E-state index in [2.05, 4.69) is 31.4 Å². The average molecular weight is 426 g/mol. The molecule has 0 bridgehead atoms. The highest BCUT2D eigenvalue weighted by atomic mass is 79.9. The zero-order chi connectivity index (χ0) is 18.4. The number of hydrogen-bond acceptors (Lipinski definition) is 7. The summed E-state index contributed by atoms with van der Waals surface area (Å²) in [4.78, 5) is 16.5. The maximum absolute atomic E-state index is 11.8. The van der Waals surface area contributed by atoms with Crippen LogP contribution in [0.1, 0.15) is 41.7 Å². The molecule has 1 heterocycles. The Morgan fingerprint density at radius 2 is 2.24 bits per heavy atom. The first kappa shape index (κ1) is 19.4. The Morgan fingerprint density at radius 3 is 2.88 bits per heavy atom. The van der Waals surface area contributed by atoms with Gasteiger partial charge in [0.1, 0.15) is 10.6 Å². The van der Waals surface area contributed by atoms with Crippen molar-refractivity contribution in [2.24, 2.45) is 5.10 Å². The summed E-state index contributed by atoms with van der Waals surface area (Å²) in [6.45, 7) is 7.83. The molecule has 0 saturated heterocycles. The number of carbonyl (C=O) groups excluding carboxylic acids is 1. The lowest BCUT2D eigenvalue weighted by Crippen LogP contribution is -2.06. The molecule has 2 aromatic rings. The number of thiazole rings is 1. The molecule has 0 atom stereocenters. The molecule has 0 aliphatic carbocycles. The molecule has 0 spiro atoms. The van der Waals surface area contributed by atoms with E-state index in [-0.39, 0.29) is 12.1 Å². The molecular formula is C17H20BrN3O3S. The zero-order valence-corrected chi connectivity index (χ0v) is 16.9. The molecule has 0 aliphatic heterocycles. The van der Waals surface area contributed by atoms with Gasteiger partial charge in [-0.3, -0.25) is 5.43 Å². The first-order valence-corrected chi connectivity index (χ1v) is 9.41. The molecular weight excluding hydrogens is 406 g/mol. The molecule has 0 fully saturated rings. The van der Waals surface area contributed by atoms with E-state index in [0.29, 0.717) is 22.3 Å². The van der Waals surface area contributed by atoms with Crippen molar-refractivity contribution < 1.29 is 14.3 Å². The van der Waals surface area contributed by atoms with Gasteiger partial charge in [-0.15, -0.1) is 0 Å². The van der Waals surface area contributed by atoms with E-state index in [4.69, 9.17) is 9.47 Å². The number of esters is 1. The molecule has 1 aromatic heterocycles. The van der Waals surface area contributed by atoms with Gasteiger partial charge in [-0.2, -0.15) is 5.10 Å². The normalized spacial score (nSPS) is 11.1. The van der Waals surface area contributed by atoms with Crippen molar-refractivity contribution in [2.75, 3.05) is 12.0 Å². The van der Waals surface area contributed by atoms with Crippen molar-refractivity contribution in [3.63, 3.8) is 0 Å². The largest absolute Gasteiger partial charge is 0.490 e. The number of hydrogen-bond donors (Lipinski definition) is 1. The molecule has 0 unspecified atom stereocenters. The third-order valence-electron chi connectivity index (χ3n) is 2.95. The lowest BCUT2D eigenvalue weighted by atomic mass is 10.2. The molecule has 0 amide bonds. The number of aryl methyl sites for hydroxylation is 1. The Labute approximate surface area is 159 Å². The van der Waals surface area contributed by atoms with Crippen molar-refractivity contribution in [1.82, 2.24) is 4.98 Å². The van der Waals surface area contributed by atoms with Gasteiger partial charge in [0, 0.05) is 0 Å². The number of rotatable bonds is 7. The SMILES string of the molecule is CCOC(=O)c1sc(N/N=C\c2ccc(OC(C)C)c(Br)c2)nc1C. The van der Waals surface area contributed by atoms with E-state index in [1.54, 1.807) is 20.1 Å². The maximum Gasteiger partial charge on any atom is 0.350 e. The highest BCUT2D eigenvalue weighted by Gasteiger charge is 2.15. The summed E-state index contributed by atoms with van der Waals surface area (Å²) in [5.74, 6) is 0.425. The lowest BCUT2D eigenvalue weighted by Gasteiger charge is -2.11. The molecule has 1 aromatic carbocycles. The van der Waals surface area contributed by atoms with Gasteiger partial charge in [-0.1, -0.05) is 11.3 Å². The Balaban J connectivity index is 2.02. The number of carbonyl (C=O) groups is 1. The summed E-state index contributed by atoms with van der Waals surface area (Å²) in [6, 6.07) is 5.71. The van der Waals surface area contributed by atoms with Crippen LogP contribution in [0.2, 0.25) is 0 Å². The van der Waals surface area contributed by atoms with Gasteiger partial charge < -0.3 is 9.47 Å². The number of ether oxygens (including phenoxy) is 2. The Kier molecular flexibility index (Phi) is 6.95. The summed E-state index contributed by atoms with van der Waals surface area (Å²) in [6.07, 6.45) is 1.78. The van der Waals surface area contributed by atoms with E-state index >= 15 is 0 Å². The highest BCUT2D eigenvalue weighted by molar-refractivity contribution is 9.10. The molecule has 134 valence electrons. The number of halogens is 1. The second-order valence-electron chi connectivity index (χ2n) is 5.38. The van der Waals surface area contributed by atoms with E-state index in [1.807, 2.05) is 32.0 Å². The summed E-state index contributed by atoms with van der Waals surface area (Å²) in [5.41, 5.74) is 4.36. The van der Waals surface area contributed by atoms with Gasteiger partial charge in [-0.05, 0) is 67.4 Å². The summed E-state index contributed by atoms with van der Waals surface area (Å²) < 4.78 is 11.5. The van der Waals surface area contributed by atoms with Gasteiger partial charge in [0.2, 0.25) is 5.13 Å². The van der Waals surface area contributed by atoms with Crippen LogP contribution < -0.4 is 10.2 Å². The predicted octanol–water partition coefficient (Wildman–Crippen LogP) is 4.62. The Morgan fingerprint density at radius 1 is 1.48 bits per heavy atom. The lowest BCUT2D eigenvalue weighted by molar-refractivity contribution is 0.0531. The first-order valence-electron chi connectivity index (χ1n) is 7.80. The van der Waals surface area contributed by atoms with Gasteiger partial charge in [-0.25, -0.2) is 9.78 Å². The number of nitrogens with one attached hydrogen (secondary N) is 1. The molecule has 0 aliphatic rings. The Bertz CT molecular complexity index is 774. The van der Waals surface area contributed by atoms with Crippen molar-refractivity contribution in [1.29, 1.82) is 0 Å². The van der Waals surface area contributed by atoms with Crippen molar-refractivity contribution >= 4 is 44.6 Å². The second-order valence-corrected chi connectivity index (χ2v) is 7.23. The monoisotopic (exact) mass is 425 g/mol. The van der Waals surface area contributed by atoms with Gasteiger partial charge in [0.15, 0.2) is 0 Å². The molecule has 6 nitrogen and oxygen atoms in total. The third-order valence-corrected chi connectivity index (χ3v) is 4.61.